The monoisotopic (exact) mass is 367 g/mol. The molecule has 0 aromatic carbocycles. The van der Waals surface area contributed by atoms with E-state index in [1.165, 1.54) is 0 Å². The topological polar surface area (TPSA) is 118 Å². The molecule has 0 saturated carbocycles. The smallest absolute Gasteiger partial charge is 0.273 e. The summed E-state index contributed by atoms with van der Waals surface area (Å²) in [6.07, 6.45) is 1.92. The number of likely N-dealkylation sites (tertiary alicyclic amines) is 1. The Morgan fingerprint density at radius 3 is 3.00 bits per heavy atom. The molecule has 2 atom stereocenters. The van der Waals surface area contributed by atoms with Crippen molar-refractivity contribution in [1.29, 1.82) is 0 Å². The van der Waals surface area contributed by atoms with Crippen LogP contribution in [-0.2, 0) is 12.3 Å². The van der Waals surface area contributed by atoms with E-state index < -0.39 is 6.10 Å². The van der Waals surface area contributed by atoms with Crippen LogP contribution in [0.25, 0.3) is 0 Å². The van der Waals surface area contributed by atoms with Gasteiger partial charge in [-0.05, 0) is 19.6 Å². The molecule has 1 amide bonds. The molecular formula is C15H21N5O4S. The second kappa shape index (κ2) is 7.98. The predicted octanol–water partition coefficient (Wildman–Crippen LogP) is 0.594. The number of aromatic nitrogens is 3. The van der Waals surface area contributed by atoms with Gasteiger partial charge in [0.25, 0.3) is 5.91 Å². The normalized spacial score (nSPS) is 21.4. The molecule has 2 aromatic rings. The number of aryl methyl sites for hydroxylation is 1. The number of nitrogens with one attached hydrogen (secondary N) is 1. The van der Waals surface area contributed by atoms with E-state index in [0.29, 0.717) is 49.3 Å². The molecule has 3 heterocycles. The van der Waals surface area contributed by atoms with Gasteiger partial charge in [0, 0.05) is 19.2 Å². The fraction of sp³-hybridized carbons (Fsp3) is 0.600. The van der Waals surface area contributed by atoms with Crippen LogP contribution >= 0.6 is 11.8 Å². The second-order valence-electron chi connectivity index (χ2n) is 6.03. The molecule has 2 N–H and O–H groups in total. The van der Waals surface area contributed by atoms with Crippen molar-refractivity contribution in [1.82, 2.24) is 25.5 Å². The lowest BCUT2D eigenvalue weighted by Crippen LogP contribution is -2.53. The van der Waals surface area contributed by atoms with E-state index in [4.69, 9.17) is 9.05 Å². The Labute approximate surface area is 149 Å². The first kappa shape index (κ1) is 17.9. The number of thioether (sulfide) groups is 1. The first-order valence-corrected chi connectivity index (χ1v) is 9.39. The summed E-state index contributed by atoms with van der Waals surface area (Å²) in [4.78, 5) is 18.5. The Bertz CT molecular complexity index is 718. The maximum absolute atomic E-state index is 12.1. The van der Waals surface area contributed by atoms with Gasteiger partial charge in [0.2, 0.25) is 5.89 Å². The molecule has 9 nitrogen and oxygen atoms in total. The van der Waals surface area contributed by atoms with Crippen molar-refractivity contribution in [3.8, 4) is 0 Å². The summed E-state index contributed by atoms with van der Waals surface area (Å²) >= 11 is 1.63. The summed E-state index contributed by atoms with van der Waals surface area (Å²) in [6, 6.07) is 1.24. The predicted molar refractivity (Wildman–Crippen MR) is 89.9 cm³/mol. The van der Waals surface area contributed by atoms with Crippen molar-refractivity contribution in [2.24, 2.45) is 0 Å². The Morgan fingerprint density at radius 1 is 1.48 bits per heavy atom. The number of hydrogen-bond acceptors (Lipinski definition) is 9. The molecule has 2 aromatic heterocycles. The highest BCUT2D eigenvalue weighted by Gasteiger charge is 2.30. The van der Waals surface area contributed by atoms with Crippen LogP contribution in [0, 0.1) is 6.92 Å². The number of carbonyl (C=O) groups is 1. The van der Waals surface area contributed by atoms with Gasteiger partial charge in [0.05, 0.1) is 24.4 Å². The molecule has 0 unspecified atom stereocenters. The molecular weight excluding hydrogens is 346 g/mol. The van der Waals surface area contributed by atoms with Crippen molar-refractivity contribution in [3.05, 3.63) is 29.2 Å². The van der Waals surface area contributed by atoms with Gasteiger partial charge in [-0.15, -0.1) is 0 Å². The lowest BCUT2D eigenvalue weighted by atomic mass is 10.0. The molecule has 0 bridgehead atoms. The fourth-order valence-electron chi connectivity index (χ4n) is 2.76. The Kier molecular flexibility index (Phi) is 5.71. The van der Waals surface area contributed by atoms with Crippen LogP contribution in [0.3, 0.4) is 0 Å². The molecule has 1 aliphatic heterocycles. The molecule has 1 fully saturated rings. The van der Waals surface area contributed by atoms with Crippen molar-refractivity contribution in [3.63, 3.8) is 0 Å². The summed E-state index contributed by atoms with van der Waals surface area (Å²) in [5, 5.41) is 20.7. The van der Waals surface area contributed by atoms with E-state index in [2.05, 4.69) is 20.6 Å². The summed E-state index contributed by atoms with van der Waals surface area (Å²) in [7, 11) is 0. The maximum Gasteiger partial charge on any atom is 0.273 e. The second-order valence-corrected chi connectivity index (χ2v) is 6.90. The summed E-state index contributed by atoms with van der Waals surface area (Å²) < 4.78 is 10.1. The van der Waals surface area contributed by atoms with Gasteiger partial charge in [-0.1, -0.05) is 10.3 Å². The van der Waals surface area contributed by atoms with Gasteiger partial charge in [-0.3, -0.25) is 9.69 Å². The summed E-state index contributed by atoms with van der Waals surface area (Å²) in [6.45, 7) is 3.34. The van der Waals surface area contributed by atoms with Gasteiger partial charge in [0.1, 0.15) is 5.76 Å². The van der Waals surface area contributed by atoms with Gasteiger partial charge in [-0.25, -0.2) is 0 Å². The van der Waals surface area contributed by atoms with Gasteiger partial charge < -0.3 is 19.5 Å². The zero-order valence-electron chi connectivity index (χ0n) is 14.1. The minimum atomic E-state index is -0.681. The molecule has 136 valence electrons. The van der Waals surface area contributed by atoms with E-state index in [0.717, 1.165) is 0 Å². The molecule has 0 radical (unpaired) electrons. The van der Waals surface area contributed by atoms with Crippen LogP contribution in [0.4, 0.5) is 0 Å². The number of β-amino-alcohol motifs (C(OH)–C–C–N with tert-alkyl or cyclic N) is 1. The highest BCUT2D eigenvalue weighted by atomic mass is 32.2. The number of carbonyl (C=O) groups excluding carboxylic acids is 1. The SMILES string of the molecule is CSCc1noc(CN2CC[C@@H](NC(=O)c3cc(C)on3)[C@H](O)C2)n1. The third-order valence-electron chi connectivity index (χ3n) is 3.99. The molecule has 0 spiro atoms. The van der Waals surface area contributed by atoms with E-state index in [1.807, 2.05) is 11.2 Å². The number of amides is 1. The average Bonchev–Trinajstić information content (AvgIpc) is 3.19. The Morgan fingerprint density at radius 2 is 2.32 bits per heavy atom. The standard InChI is InChI=1S/C15H21N5O4S/c1-9-5-11(18-23-9)15(22)16-10-3-4-20(6-12(10)21)7-14-17-13(8-25-2)19-24-14/h5,10,12,21H,3-4,6-8H2,1-2H3,(H,16,22)/t10-,12-/m1/s1. The Balaban J connectivity index is 1.50. The highest BCUT2D eigenvalue weighted by molar-refractivity contribution is 7.97. The fourth-order valence-corrected chi connectivity index (χ4v) is 3.13. The zero-order chi connectivity index (χ0) is 17.8. The number of hydrogen-bond donors (Lipinski definition) is 2. The molecule has 1 aliphatic rings. The number of nitrogens with zero attached hydrogens (tertiary/aromatic N) is 4. The quantitative estimate of drug-likeness (QED) is 0.756. The van der Waals surface area contributed by atoms with Crippen molar-refractivity contribution in [2.45, 2.75) is 37.8 Å². The van der Waals surface area contributed by atoms with Crippen LogP contribution < -0.4 is 5.32 Å². The Hall–Kier alpha value is -1.91. The van der Waals surface area contributed by atoms with Crippen LogP contribution in [0.2, 0.25) is 0 Å². The van der Waals surface area contributed by atoms with Gasteiger partial charge >= 0.3 is 0 Å². The van der Waals surface area contributed by atoms with E-state index in [-0.39, 0.29) is 17.6 Å². The number of piperidine rings is 1. The average molecular weight is 367 g/mol. The minimum Gasteiger partial charge on any atom is -0.390 e. The highest BCUT2D eigenvalue weighted by Crippen LogP contribution is 2.15. The van der Waals surface area contributed by atoms with Crippen LogP contribution in [0.5, 0.6) is 0 Å². The first-order valence-electron chi connectivity index (χ1n) is 8.00. The van der Waals surface area contributed by atoms with E-state index in [9.17, 15) is 9.90 Å². The zero-order valence-corrected chi connectivity index (χ0v) is 15.0. The third kappa shape index (κ3) is 4.59. The first-order chi connectivity index (χ1) is 12.0. The molecule has 1 saturated heterocycles. The maximum atomic E-state index is 12.1. The molecule has 3 rings (SSSR count). The van der Waals surface area contributed by atoms with Crippen LogP contribution in [0.1, 0.15) is 34.4 Å². The van der Waals surface area contributed by atoms with E-state index in [1.54, 1.807) is 24.8 Å². The van der Waals surface area contributed by atoms with Gasteiger partial charge in [-0.2, -0.15) is 16.7 Å². The summed E-state index contributed by atoms with van der Waals surface area (Å²) in [5.74, 6) is 2.15. The van der Waals surface area contributed by atoms with Crippen molar-refractivity contribution >= 4 is 17.7 Å². The third-order valence-corrected chi connectivity index (χ3v) is 4.53. The van der Waals surface area contributed by atoms with Crippen molar-refractivity contribution < 1.29 is 18.9 Å². The number of aliphatic hydroxyl groups is 1. The molecule has 10 heteroatoms. The molecule has 25 heavy (non-hydrogen) atoms. The van der Waals surface area contributed by atoms with Crippen LogP contribution in [0.15, 0.2) is 15.1 Å². The lowest BCUT2D eigenvalue weighted by Gasteiger charge is -2.35. The lowest BCUT2D eigenvalue weighted by molar-refractivity contribution is 0.0311. The number of rotatable bonds is 6. The largest absolute Gasteiger partial charge is 0.390 e. The minimum absolute atomic E-state index is 0.222. The van der Waals surface area contributed by atoms with Gasteiger partial charge in [0.15, 0.2) is 11.5 Å². The summed E-state index contributed by atoms with van der Waals surface area (Å²) in [5.41, 5.74) is 0.222. The van der Waals surface area contributed by atoms with Crippen LogP contribution in [-0.4, -0.2) is 62.7 Å². The van der Waals surface area contributed by atoms with E-state index >= 15 is 0 Å². The molecule has 0 aliphatic carbocycles. The van der Waals surface area contributed by atoms with Crippen molar-refractivity contribution in [2.75, 3.05) is 19.3 Å². The number of aliphatic hydroxyl groups excluding tert-OH is 1.